The first-order valence-corrected chi connectivity index (χ1v) is 7.47. The molecule has 0 saturated carbocycles. The van der Waals surface area contributed by atoms with Crippen LogP contribution < -0.4 is 0 Å². The molecule has 2 aromatic rings. The quantitative estimate of drug-likeness (QED) is 0.521. The highest BCUT2D eigenvalue weighted by Crippen LogP contribution is 2.18. The van der Waals surface area contributed by atoms with Gasteiger partial charge in [-0.2, -0.15) is 0 Å². The lowest BCUT2D eigenvalue weighted by Gasteiger charge is -2.06. The second kappa shape index (κ2) is 5.97. The molecule has 2 rings (SSSR count). The van der Waals surface area contributed by atoms with Crippen molar-refractivity contribution in [1.82, 2.24) is 0 Å². The lowest BCUT2D eigenvalue weighted by atomic mass is 9.99. The van der Waals surface area contributed by atoms with E-state index in [1.54, 1.807) is 0 Å². The van der Waals surface area contributed by atoms with E-state index in [1.165, 1.54) is 3.57 Å². The summed E-state index contributed by atoms with van der Waals surface area (Å²) in [6.07, 6.45) is 0.453. The Morgan fingerprint density at radius 2 is 1.83 bits per heavy atom. The van der Waals surface area contributed by atoms with Gasteiger partial charge in [-0.3, -0.25) is 4.79 Å². The number of aryl methyl sites for hydroxylation is 1. The van der Waals surface area contributed by atoms with Crippen molar-refractivity contribution in [2.24, 2.45) is 0 Å². The minimum atomic E-state index is 0.162. The van der Waals surface area contributed by atoms with Crippen molar-refractivity contribution in [3.63, 3.8) is 0 Å². The van der Waals surface area contributed by atoms with Gasteiger partial charge in [0, 0.05) is 20.0 Å². The molecule has 2 aromatic carbocycles. The van der Waals surface area contributed by atoms with Crippen LogP contribution in [0.4, 0.5) is 0 Å². The zero-order chi connectivity index (χ0) is 13.1. The zero-order valence-electron chi connectivity index (χ0n) is 9.91. The Morgan fingerprint density at radius 3 is 2.50 bits per heavy atom. The van der Waals surface area contributed by atoms with E-state index in [1.807, 2.05) is 49.4 Å². The van der Waals surface area contributed by atoms with Crippen molar-refractivity contribution in [3.8, 4) is 0 Å². The summed E-state index contributed by atoms with van der Waals surface area (Å²) in [5.74, 6) is 0.162. The van der Waals surface area contributed by atoms with Crippen LogP contribution in [0.5, 0.6) is 0 Å². The second-order valence-corrected chi connectivity index (χ2v) is 6.35. The van der Waals surface area contributed by atoms with Gasteiger partial charge in [-0.15, -0.1) is 0 Å². The Labute approximate surface area is 129 Å². The van der Waals surface area contributed by atoms with Gasteiger partial charge in [0.15, 0.2) is 5.78 Å². The molecule has 0 aliphatic rings. The van der Waals surface area contributed by atoms with E-state index < -0.39 is 0 Å². The van der Waals surface area contributed by atoms with Crippen molar-refractivity contribution >= 4 is 44.3 Å². The molecule has 0 aliphatic heterocycles. The molecule has 18 heavy (non-hydrogen) atoms. The topological polar surface area (TPSA) is 17.1 Å². The smallest absolute Gasteiger partial charge is 0.167 e. The third-order valence-electron chi connectivity index (χ3n) is 2.78. The molecule has 3 heteroatoms. The molecular formula is C15H12BrIO. The standard InChI is InChI=1S/C15H12BrIO/c1-10-2-5-12(16)9-14(10)15(18)8-11-3-6-13(17)7-4-11/h2-7,9H,8H2,1H3. The summed E-state index contributed by atoms with van der Waals surface area (Å²) in [7, 11) is 0. The number of carbonyl (C=O) groups excluding carboxylic acids is 1. The lowest BCUT2D eigenvalue weighted by molar-refractivity contribution is 0.0992. The fourth-order valence-electron chi connectivity index (χ4n) is 1.78. The molecule has 0 fully saturated rings. The molecule has 0 atom stereocenters. The predicted molar refractivity (Wildman–Crippen MR) is 86.1 cm³/mol. The molecule has 0 saturated heterocycles. The molecule has 0 amide bonds. The van der Waals surface area contributed by atoms with Crippen molar-refractivity contribution < 1.29 is 4.79 Å². The minimum absolute atomic E-state index is 0.162. The van der Waals surface area contributed by atoms with Gasteiger partial charge in [-0.05, 0) is 64.9 Å². The fourth-order valence-corrected chi connectivity index (χ4v) is 2.50. The van der Waals surface area contributed by atoms with Crippen LogP contribution in [-0.4, -0.2) is 5.78 Å². The van der Waals surface area contributed by atoms with Gasteiger partial charge in [-0.1, -0.05) is 34.1 Å². The average Bonchev–Trinajstić information content (AvgIpc) is 2.35. The van der Waals surface area contributed by atoms with Gasteiger partial charge in [0.2, 0.25) is 0 Å². The summed E-state index contributed by atoms with van der Waals surface area (Å²) >= 11 is 5.67. The van der Waals surface area contributed by atoms with Crippen LogP contribution in [0.15, 0.2) is 46.9 Å². The molecule has 92 valence electrons. The van der Waals surface area contributed by atoms with Crippen LogP contribution in [0.3, 0.4) is 0 Å². The number of halogens is 2. The lowest BCUT2D eigenvalue weighted by Crippen LogP contribution is -2.05. The summed E-state index contributed by atoms with van der Waals surface area (Å²) in [5.41, 5.74) is 2.87. The summed E-state index contributed by atoms with van der Waals surface area (Å²) in [6.45, 7) is 1.97. The van der Waals surface area contributed by atoms with Gasteiger partial charge in [0.25, 0.3) is 0 Å². The van der Waals surface area contributed by atoms with Crippen LogP contribution in [0.1, 0.15) is 21.5 Å². The van der Waals surface area contributed by atoms with Crippen LogP contribution in [0.2, 0.25) is 0 Å². The van der Waals surface area contributed by atoms with E-state index in [9.17, 15) is 4.79 Å². The van der Waals surface area contributed by atoms with Gasteiger partial charge >= 0.3 is 0 Å². The summed E-state index contributed by atoms with van der Waals surface area (Å²) in [6, 6.07) is 13.9. The Hall–Kier alpha value is -0.680. The highest BCUT2D eigenvalue weighted by molar-refractivity contribution is 14.1. The highest BCUT2D eigenvalue weighted by Gasteiger charge is 2.10. The van der Waals surface area contributed by atoms with Crippen molar-refractivity contribution in [1.29, 1.82) is 0 Å². The van der Waals surface area contributed by atoms with Gasteiger partial charge < -0.3 is 0 Å². The van der Waals surface area contributed by atoms with E-state index in [4.69, 9.17) is 0 Å². The average molecular weight is 415 g/mol. The van der Waals surface area contributed by atoms with Crippen LogP contribution in [0.25, 0.3) is 0 Å². The predicted octanol–water partition coefficient (Wildman–Crippen LogP) is 4.79. The number of carbonyl (C=O) groups is 1. The molecule has 0 aromatic heterocycles. The van der Waals surface area contributed by atoms with E-state index in [0.717, 1.165) is 21.2 Å². The Kier molecular flexibility index (Phi) is 4.56. The molecule has 1 nitrogen and oxygen atoms in total. The third kappa shape index (κ3) is 3.42. The molecule has 0 aliphatic carbocycles. The molecule has 0 unspecified atom stereocenters. The third-order valence-corrected chi connectivity index (χ3v) is 3.99. The van der Waals surface area contributed by atoms with E-state index in [2.05, 4.69) is 38.5 Å². The van der Waals surface area contributed by atoms with Gasteiger partial charge in [0.1, 0.15) is 0 Å². The van der Waals surface area contributed by atoms with Crippen LogP contribution >= 0.6 is 38.5 Å². The first-order valence-electron chi connectivity index (χ1n) is 5.60. The first kappa shape index (κ1) is 13.7. The largest absolute Gasteiger partial charge is 0.294 e. The highest BCUT2D eigenvalue weighted by atomic mass is 127. The summed E-state index contributed by atoms with van der Waals surface area (Å²) in [5, 5.41) is 0. The van der Waals surface area contributed by atoms with Crippen LogP contribution in [-0.2, 0) is 6.42 Å². The Balaban J connectivity index is 2.21. The second-order valence-electron chi connectivity index (χ2n) is 4.19. The minimum Gasteiger partial charge on any atom is -0.294 e. The molecule has 0 heterocycles. The molecule has 0 spiro atoms. The fraction of sp³-hybridized carbons (Fsp3) is 0.133. The zero-order valence-corrected chi connectivity index (χ0v) is 13.7. The SMILES string of the molecule is Cc1ccc(Br)cc1C(=O)Cc1ccc(I)cc1. The molecule has 0 radical (unpaired) electrons. The number of hydrogen-bond acceptors (Lipinski definition) is 1. The Bertz CT molecular complexity index is 576. The number of rotatable bonds is 3. The Morgan fingerprint density at radius 1 is 1.17 bits per heavy atom. The van der Waals surface area contributed by atoms with Gasteiger partial charge in [0.05, 0.1) is 0 Å². The molecule has 0 bridgehead atoms. The van der Waals surface area contributed by atoms with Crippen molar-refractivity contribution in [2.75, 3.05) is 0 Å². The first-order chi connectivity index (χ1) is 8.56. The van der Waals surface area contributed by atoms with E-state index in [-0.39, 0.29) is 5.78 Å². The van der Waals surface area contributed by atoms with Gasteiger partial charge in [-0.25, -0.2) is 0 Å². The van der Waals surface area contributed by atoms with Crippen molar-refractivity contribution in [2.45, 2.75) is 13.3 Å². The maximum Gasteiger partial charge on any atom is 0.167 e. The van der Waals surface area contributed by atoms with E-state index in [0.29, 0.717) is 6.42 Å². The maximum atomic E-state index is 12.2. The summed E-state index contributed by atoms with van der Waals surface area (Å²) in [4.78, 5) is 12.2. The summed E-state index contributed by atoms with van der Waals surface area (Å²) < 4.78 is 2.13. The van der Waals surface area contributed by atoms with Crippen molar-refractivity contribution in [3.05, 3.63) is 67.2 Å². The molecule has 0 N–H and O–H groups in total. The molecular weight excluding hydrogens is 403 g/mol. The number of ketones is 1. The number of hydrogen-bond donors (Lipinski definition) is 0. The van der Waals surface area contributed by atoms with Crippen LogP contribution in [0, 0.1) is 10.5 Å². The maximum absolute atomic E-state index is 12.2. The number of Topliss-reactive ketones (excluding diaryl/α,β-unsaturated/α-hetero) is 1. The monoisotopic (exact) mass is 414 g/mol. The number of benzene rings is 2. The van der Waals surface area contributed by atoms with E-state index >= 15 is 0 Å². The normalized spacial score (nSPS) is 10.4.